The highest BCUT2D eigenvalue weighted by Crippen LogP contribution is 2.19. The van der Waals surface area contributed by atoms with Crippen LogP contribution in [0.15, 0.2) is 30.3 Å². The van der Waals surface area contributed by atoms with E-state index >= 15 is 0 Å². The van der Waals surface area contributed by atoms with Gasteiger partial charge in [-0.25, -0.2) is 0 Å². The number of unbranched alkanes of at least 4 members (excludes halogenated alkanes) is 8. The van der Waals surface area contributed by atoms with Crippen molar-refractivity contribution in [1.29, 1.82) is 0 Å². The Morgan fingerprint density at radius 2 is 1.46 bits per heavy atom. The van der Waals surface area contributed by atoms with E-state index in [1.165, 1.54) is 32.1 Å². The van der Waals surface area contributed by atoms with Crippen molar-refractivity contribution in [3.63, 3.8) is 0 Å². The lowest BCUT2D eigenvalue weighted by molar-refractivity contribution is -0.145. The van der Waals surface area contributed by atoms with Crippen molar-refractivity contribution < 1.29 is 19.1 Å². The third-order valence-electron chi connectivity index (χ3n) is 6.76. The third kappa shape index (κ3) is 15.4. The van der Waals surface area contributed by atoms with Gasteiger partial charge in [0.1, 0.15) is 6.61 Å². The Kier molecular flexibility index (Phi) is 18.2. The number of benzene rings is 1. The van der Waals surface area contributed by atoms with Gasteiger partial charge in [-0.1, -0.05) is 102 Å². The molecule has 7 nitrogen and oxygen atoms in total. The van der Waals surface area contributed by atoms with E-state index in [0.717, 1.165) is 44.1 Å². The molecular weight excluding hydrogens is 466 g/mol. The van der Waals surface area contributed by atoms with Gasteiger partial charge in [0.2, 0.25) is 11.8 Å². The number of nitrogens with two attached hydrogens (primary N) is 2. The standard InChI is InChI=1S/C30H51N3O4/c1-3-5-7-8-9-10-14-19-26(23-28(32)34)33(22-15-6-4-2)30(36)27(31)20-16-21-29(35)37-24-25-17-12-11-13-18-25/h11-13,17-18,26-27H,3-10,14-16,19-24,31H2,1-2H3,(H2,32,34)/t26-,27-/m0/s1. The molecule has 7 heteroatoms. The van der Waals surface area contributed by atoms with Crippen LogP contribution in [-0.4, -0.2) is 41.3 Å². The number of esters is 1. The van der Waals surface area contributed by atoms with E-state index in [2.05, 4.69) is 13.8 Å². The van der Waals surface area contributed by atoms with Crippen molar-refractivity contribution in [2.75, 3.05) is 6.54 Å². The molecule has 0 saturated heterocycles. The van der Waals surface area contributed by atoms with E-state index in [4.69, 9.17) is 16.2 Å². The maximum Gasteiger partial charge on any atom is 0.306 e. The molecule has 0 fully saturated rings. The molecule has 0 spiro atoms. The lowest BCUT2D eigenvalue weighted by Crippen LogP contribution is -2.50. The van der Waals surface area contributed by atoms with Gasteiger partial charge in [-0.2, -0.15) is 0 Å². The van der Waals surface area contributed by atoms with Crippen LogP contribution in [0.25, 0.3) is 0 Å². The van der Waals surface area contributed by atoms with Crippen LogP contribution in [0.5, 0.6) is 0 Å². The number of hydrogen-bond donors (Lipinski definition) is 2. The van der Waals surface area contributed by atoms with Gasteiger partial charge in [-0.3, -0.25) is 14.4 Å². The Bertz CT molecular complexity index is 756. The molecule has 0 aromatic heterocycles. The highest BCUT2D eigenvalue weighted by Gasteiger charge is 2.28. The molecule has 0 bridgehead atoms. The zero-order valence-electron chi connectivity index (χ0n) is 23.3. The molecule has 2 amide bonds. The molecule has 0 aliphatic carbocycles. The van der Waals surface area contributed by atoms with Gasteiger partial charge in [-0.15, -0.1) is 0 Å². The molecule has 0 unspecified atom stereocenters. The molecule has 0 saturated carbocycles. The summed E-state index contributed by atoms with van der Waals surface area (Å²) in [7, 11) is 0. The molecule has 0 aliphatic rings. The predicted octanol–water partition coefficient (Wildman–Crippen LogP) is 5.63. The van der Waals surface area contributed by atoms with Crippen LogP contribution in [0.4, 0.5) is 0 Å². The molecule has 0 heterocycles. The molecule has 1 aromatic rings. The van der Waals surface area contributed by atoms with Gasteiger partial charge in [0, 0.05) is 25.4 Å². The van der Waals surface area contributed by atoms with E-state index < -0.39 is 11.9 Å². The SMILES string of the molecule is CCCCCCCCC[C@@H](CC(N)=O)N(CCCCC)C(=O)[C@@H](N)CCCC(=O)OCc1ccccc1. The second kappa shape index (κ2) is 20.6. The molecule has 1 rings (SSSR count). The highest BCUT2D eigenvalue weighted by molar-refractivity contribution is 5.83. The molecule has 0 radical (unpaired) electrons. The van der Waals surface area contributed by atoms with Gasteiger partial charge < -0.3 is 21.1 Å². The van der Waals surface area contributed by atoms with Crippen LogP contribution >= 0.6 is 0 Å². The van der Waals surface area contributed by atoms with Gasteiger partial charge >= 0.3 is 5.97 Å². The zero-order valence-corrected chi connectivity index (χ0v) is 23.3. The highest BCUT2D eigenvalue weighted by atomic mass is 16.5. The van der Waals surface area contributed by atoms with Crippen molar-refractivity contribution in [2.45, 2.75) is 129 Å². The topological polar surface area (TPSA) is 116 Å². The van der Waals surface area contributed by atoms with Crippen LogP contribution in [-0.2, 0) is 25.7 Å². The number of carbonyl (C=O) groups is 3. The number of rotatable bonds is 22. The number of nitrogens with zero attached hydrogens (tertiary/aromatic N) is 1. The zero-order chi connectivity index (χ0) is 27.3. The van der Waals surface area contributed by atoms with E-state index in [9.17, 15) is 14.4 Å². The average Bonchev–Trinajstić information content (AvgIpc) is 2.89. The largest absolute Gasteiger partial charge is 0.461 e. The number of ether oxygens (including phenoxy) is 1. The Balaban J connectivity index is 2.61. The number of hydrogen-bond acceptors (Lipinski definition) is 5. The minimum atomic E-state index is -0.715. The summed E-state index contributed by atoms with van der Waals surface area (Å²) in [5.41, 5.74) is 12.8. The van der Waals surface area contributed by atoms with E-state index in [1.54, 1.807) is 4.90 Å². The lowest BCUT2D eigenvalue weighted by atomic mass is 9.99. The summed E-state index contributed by atoms with van der Waals surface area (Å²) in [5, 5.41) is 0. The minimum absolute atomic E-state index is 0.150. The first-order valence-electron chi connectivity index (χ1n) is 14.4. The average molecular weight is 518 g/mol. The van der Waals surface area contributed by atoms with Crippen molar-refractivity contribution in [3.8, 4) is 0 Å². The number of carbonyl (C=O) groups excluding carboxylic acids is 3. The Morgan fingerprint density at radius 3 is 2.11 bits per heavy atom. The monoisotopic (exact) mass is 517 g/mol. The number of amides is 2. The molecule has 210 valence electrons. The Hall–Kier alpha value is -2.41. The van der Waals surface area contributed by atoms with E-state index in [1.807, 2.05) is 30.3 Å². The summed E-state index contributed by atoms with van der Waals surface area (Å²) >= 11 is 0. The predicted molar refractivity (Wildman–Crippen MR) is 150 cm³/mol. The smallest absolute Gasteiger partial charge is 0.306 e. The van der Waals surface area contributed by atoms with E-state index in [0.29, 0.717) is 19.4 Å². The molecular formula is C30H51N3O4. The maximum atomic E-state index is 13.4. The minimum Gasteiger partial charge on any atom is -0.461 e. The molecule has 1 aromatic carbocycles. The summed E-state index contributed by atoms with van der Waals surface area (Å²) in [6.07, 6.45) is 13.1. The first kappa shape index (κ1) is 32.6. The summed E-state index contributed by atoms with van der Waals surface area (Å²) in [5.74, 6) is -0.840. The van der Waals surface area contributed by atoms with Gasteiger partial charge in [0.25, 0.3) is 0 Å². The van der Waals surface area contributed by atoms with Crippen molar-refractivity contribution in [2.24, 2.45) is 11.5 Å². The van der Waals surface area contributed by atoms with Crippen molar-refractivity contribution >= 4 is 17.8 Å². The van der Waals surface area contributed by atoms with Crippen LogP contribution in [0, 0.1) is 0 Å². The summed E-state index contributed by atoms with van der Waals surface area (Å²) in [6, 6.07) is 8.59. The second-order valence-electron chi connectivity index (χ2n) is 10.1. The summed E-state index contributed by atoms with van der Waals surface area (Å²) in [4.78, 5) is 39.2. The number of primary amides is 1. The fourth-order valence-electron chi connectivity index (χ4n) is 4.56. The fraction of sp³-hybridized carbons (Fsp3) is 0.700. The van der Waals surface area contributed by atoms with Gasteiger partial charge in [-0.05, 0) is 31.2 Å². The quantitative estimate of drug-likeness (QED) is 0.153. The molecule has 37 heavy (non-hydrogen) atoms. The summed E-state index contributed by atoms with van der Waals surface area (Å²) < 4.78 is 5.32. The van der Waals surface area contributed by atoms with Crippen LogP contribution in [0.1, 0.15) is 116 Å². The van der Waals surface area contributed by atoms with Gasteiger partial charge in [0.15, 0.2) is 0 Å². The third-order valence-corrected chi connectivity index (χ3v) is 6.76. The van der Waals surface area contributed by atoms with Crippen molar-refractivity contribution in [1.82, 2.24) is 4.90 Å². The van der Waals surface area contributed by atoms with Gasteiger partial charge in [0.05, 0.1) is 6.04 Å². The molecule has 0 aliphatic heterocycles. The van der Waals surface area contributed by atoms with Crippen molar-refractivity contribution in [3.05, 3.63) is 35.9 Å². The normalized spacial score (nSPS) is 12.6. The fourth-order valence-corrected chi connectivity index (χ4v) is 4.56. The second-order valence-corrected chi connectivity index (χ2v) is 10.1. The maximum absolute atomic E-state index is 13.4. The Morgan fingerprint density at radius 1 is 0.838 bits per heavy atom. The summed E-state index contributed by atoms with van der Waals surface area (Å²) in [6.45, 7) is 5.15. The van der Waals surface area contributed by atoms with Crippen LogP contribution in [0.2, 0.25) is 0 Å². The lowest BCUT2D eigenvalue weighted by Gasteiger charge is -2.33. The molecule has 4 N–H and O–H groups in total. The Labute approximate surface area is 224 Å². The van der Waals surface area contributed by atoms with Crippen LogP contribution < -0.4 is 11.5 Å². The molecule has 2 atom stereocenters. The van der Waals surface area contributed by atoms with Crippen LogP contribution in [0.3, 0.4) is 0 Å². The first-order valence-corrected chi connectivity index (χ1v) is 14.4. The van der Waals surface area contributed by atoms with E-state index in [-0.39, 0.29) is 37.4 Å². The first-order chi connectivity index (χ1) is 17.9.